The van der Waals surface area contributed by atoms with Gasteiger partial charge in [0.25, 0.3) is 11.1 Å². The molecule has 174 valence electrons. The molecule has 7 nitrogen and oxygen atoms in total. The molecule has 0 radical (unpaired) electrons. The molecule has 3 amide bonds. The van der Waals surface area contributed by atoms with E-state index in [9.17, 15) is 18.8 Å². The first-order valence-corrected chi connectivity index (χ1v) is 11.5. The molecule has 1 fully saturated rings. The summed E-state index contributed by atoms with van der Waals surface area (Å²) in [4.78, 5) is 42.6. The number of aryl methyl sites for hydroxylation is 2. The Kier molecular flexibility index (Phi) is 7.22. The van der Waals surface area contributed by atoms with Crippen molar-refractivity contribution in [2.24, 2.45) is 0 Å². The maximum absolute atomic E-state index is 13.0. The molecular weight excluding hydrogens is 457 g/mol. The number of imide groups is 1. The molecule has 2 aromatic carbocycles. The highest BCUT2D eigenvalue weighted by Crippen LogP contribution is 2.31. The summed E-state index contributed by atoms with van der Waals surface area (Å²) in [7, 11) is 0. The summed E-state index contributed by atoms with van der Waals surface area (Å²) in [6.07, 6.45) is 3.65. The molecule has 1 aliphatic rings. The second-order valence-electron chi connectivity index (χ2n) is 7.72. The topological polar surface area (TPSA) is 92.5 Å². The summed E-state index contributed by atoms with van der Waals surface area (Å²) in [5, 5.41) is 2.36. The van der Waals surface area contributed by atoms with Crippen molar-refractivity contribution in [3.63, 3.8) is 0 Å². The van der Waals surface area contributed by atoms with Gasteiger partial charge in [-0.25, -0.2) is 9.37 Å². The van der Waals surface area contributed by atoms with Crippen LogP contribution in [0.1, 0.15) is 23.4 Å². The minimum Gasteiger partial charge on any atom is -0.441 e. The summed E-state index contributed by atoms with van der Waals surface area (Å²) in [5.74, 6) is -0.0636. The van der Waals surface area contributed by atoms with E-state index in [2.05, 4.69) is 10.3 Å². The number of halogens is 1. The van der Waals surface area contributed by atoms with Crippen LogP contribution in [0.15, 0.2) is 64.1 Å². The van der Waals surface area contributed by atoms with Crippen molar-refractivity contribution in [1.82, 2.24) is 15.2 Å². The molecule has 1 saturated heterocycles. The van der Waals surface area contributed by atoms with Crippen molar-refractivity contribution in [3.05, 3.63) is 82.5 Å². The van der Waals surface area contributed by atoms with Crippen LogP contribution in [0.5, 0.6) is 0 Å². The fraction of sp³-hybridized carbons (Fsp3) is 0.200. The van der Waals surface area contributed by atoms with Gasteiger partial charge in [-0.05, 0) is 54.6 Å². The lowest BCUT2D eigenvalue weighted by atomic mass is 10.1. The quantitative estimate of drug-likeness (QED) is 0.476. The largest absolute Gasteiger partial charge is 0.441 e. The molecular formula is C25H22FN3O4S. The number of hydrogen-bond acceptors (Lipinski definition) is 6. The van der Waals surface area contributed by atoms with Gasteiger partial charge in [0.2, 0.25) is 5.91 Å². The minimum atomic E-state index is -0.363. The predicted octanol–water partition coefficient (Wildman–Crippen LogP) is 4.57. The van der Waals surface area contributed by atoms with Gasteiger partial charge >= 0.3 is 0 Å². The lowest BCUT2D eigenvalue weighted by Crippen LogP contribution is -2.37. The molecule has 3 aromatic rings. The number of benzene rings is 2. The van der Waals surface area contributed by atoms with E-state index in [-0.39, 0.29) is 48.8 Å². The van der Waals surface area contributed by atoms with Crippen molar-refractivity contribution in [1.29, 1.82) is 0 Å². The van der Waals surface area contributed by atoms with Crippen LogP contribution in [-0.4, -0.2) is 40.0 Å². The lowest BCUT2D eigenvalue weighted by Gasteiger charge is -2.12. The number of nitrogens with one attached hydrogen (secondary N) is 1. The first-order valence-electron chi connectivity index (χ1n) is 10.7. The van der Waals surface area contributed by atoms with Gasteiger partial charge in [-0.1, -0.05) is 29.8 Å². The normalized spacial score (nSPS) is 14.8. The van der Waals surface area contributed by atoms with Crippen LogP contribution in [0.3, 0.4) is 0 Å². The Morgan fingerprint density at radius 2 is 1.88 bits per heavy atom. The molecule has 0 saturated carbocycles. The number of oxazole rings is 1. The molecule has 1 aromatic heterocycles. The van der Waals surface area contributed by atoms with E-state index in [1.807, 2.05) is 31.2 Å². The van der Waals surface area contributed by atoms with E-state index in [0.29, 0.717) is 22.1 Å². The molecule has 0 unspecified atom stereocenters. The Bertz CT molecular complexity index is 1240. The second-order valence-corrected chi connectivity index (χ2v) is 8.71. The van der Waals surface area contributed by atoms with Crippen molar-refractivity contribution < 1.29 is 23.2 Å². The first-order chi connectivity index (χ1) is 16.4. The van der Waals surface area contributed by atoms with Crippen LogP contribution >= 0.6 is 11.8 Å². The highest BCUT2D eigenvalue weighted by atomic mass is 32.2. The number of amides is 3. The summed E-state index contributed by atoms with van der Waals surface area (Å²) in [6.45, 7) is 2.22. The van der Waals surface area contributed by atoms with Gasteiger partial charge in [-0.3, -0.25) is 19.3 Å². The fourth-order valence-electron chi connectivity index (χ4n) is 3.30. The number of carbonyl (C=O) groups is 3. The lowest BCUT2D eigenvalue weighted by molar-refractivity contribution is -0.124. The summed E-state index contributed by atoms with van der Waals surface area (Å²) < 4.78 is 18.7. The highest BCUT2D eigenvalue weighted by Gasteiger charge is 2.34. The SMILES string of the molecule is Cc1ccc(/C=C2\SC(=O)N(CCNC(=O)CCc3ncc(-c4ccc(F)cc4)o3)C2=O)cc1. The molecule has 1 aliphatic heterocycles. The van der Waals surface area contributed by atoms with Gasteiger partial charge in [-0.15, -0.1) is 0 Å². The predicted molar refractivity (Wildman–Crippen MR) is 127 cm³/mol. The Morgan fingerprint density at radius 3 is 2.62 bits per heavy atom. The van der Waals surface area contributed by atoms with Gasteiger partial charge in [0.1, 0.15) is 5.82 Å². The van der Waals surface area contributed by atoms with E-state index in [0.717, 1.165) is 27.8 Å². The van der Waals surface area contributed by atoms with Gasteiger partial charge in [0.05, 0.1) is 11.1 Å². The molecule has 4 rings (SSSR count). The average Bonchev–Trinajstić information content (AvgIpc) is 3.40. The van der Waals surface area contributed by atoms with E-state index in [4.69, 9.17) is 4.42 Å². The van der Waals surface area contributed by atoms with Gasteiger partial charge in [0.15, 0.2) is 11.7 Å². The number of thioether (sulfide) groups is 1. The van der Waals surface area contributed by atoms with E-state index >= 15 is 0 Å². The zero-order valence-corrected chi connectivity index (χ0v) is 19.2. The standard InChI is InChI=1S/C25H22FN3O4S/c1-16-2-4-17(5-3-16)14-21-24(31)29(25(32)34-21)13-12-27-22(30)10-11-23-28-15-20(33-23)18-6-8-19(26)9-7-18/h2-9,14-15H,10-13H2,1H3,(H,27,30)/b21-14-. The van der Waals surface area contributed by atoms with E-state index in [1.54, 1.807) is 18.2 Å². The maximum Gasteiger partial charge on any atom is 0.293 e. The molecule has 9 heteroatoms. The zero-order chi connectivity index (χ0) is 24.1. The zero-order valence-electron chi connectivity index (χ0n) is 18.4. The first kappa shape index (κ1) is 23.4. The molecule has 0 spiro atoms. The summed E-state index contributed by atoms with van der Waals surface area (Å²) >= 11 is 0.893. The summed E-state index contributed by atoms with van der Waals surface area (Å²) in [6, 6.07) is 13.5. The van der Waals surface area contributed by atoms with E-state index in [1.165, 1.54) is 18.3 Å². The van der Waals surface area contributed by atoms with Crippen LogP contribution in [0.25, 0.3) is 17.4 Å². The van der Waals surface area contributed by atoms with Crippen LogP contribution in [-0.2, 0) is 16.0 Å². The molecule has 34 heavy (non-hydrogen) atoms. The Balaban J connectivity index is 1.23. The van der Waals surface area contributed by atoms with E-state index < -0.39 is 0 Å². The highest BCUT2D eigenvalue weighted by molar-refractivity contribution is 8.18. The number of aromatic nitrogens is 1. The summed E-state index contributed by atoms with van der Waals surface area (Å²) in [5.41, 5.74) is 2.65. The number of rotatable bonds is 8. The Labute approximate surface area is 200 Å². The van der Waals surface area contributed by atoms with Crippen molar-refractivity contribution in [2.45, 2.75) is 19.8 Å². The van der Waals surface area contributed by atoms with Crippen molar-refractivity contribution >= 4 is 34.9 Å². The van der Waals surface area contributed by atoms with Gasteiger partial charge in [0, 0.05) is 31.5 Å². The monoisotopic (exact) mass is 479 g/mol. The number of nitrogens with zero attached hydrogens (tertiary/aromatic N) is 2. The maximum atomic E-state index is 13.0. The van der Waals surface area contributed by atoms with Gasteiger partial charge < -0.3 is 9.73 Å². The number of carbonyl (C=O) groups excluding carboxylic acids is 3. The molecule has 2 heterocycles. The average molecular weight is 480 g/mol. The van der Waals surface area contributed by atoms with Crippen LogP contribution in [0.2, 0.25) is 0 Å². The number of hydrogen-bond donors (Lipinski definition) is 1. The third kappa shape index (κ3) is 5.79. The van der Waals surface area contributed by atoms with Crippen molar-refractivity contribution in [2.75, 3.05) is 13.1 Å². The molecule has 0 atom stereocenters. The molecule has 0 aliphatic carbocycles. The van der Waals surface area contributed by atoms with Crippen LogP contribution in [0.4, 0.5) is 9.18 Å². The smallest absolute Gasteiger partial charge is 0.293 e. The third-order valence-corrected chi connectivity index (χ3v) is 6.06. The Hall–Kier alpha value is -3.72. The Morgan fingerprint density at radius 1 is 1.15 bits per heavy atom. The molecule has 0 bridgehead atoms. The fourth-order valence-corrected chi connectivity index (χ4v) is 4.16. The van der Waals surface area contributed by atoms with Crippen molar-refractivity contribution in [3.8, 4) is 11.3 Å². The van der Waals surface area contributed by atoms with Crippen LogP contribution < -0.4 is 5.32 Å². The van der Waals surface area contributed by atoms with Gasteiger partial charge in [-0.2, -0.15) is 0 Å². The van der Waals surface area contributed by atoms with Crippen LogP contribution in [0, 0.1) is 12.7 Å². The third-order valence-electron chi connectivity index (χ3n) is 5.15. The minimum absolute atomic E-state index is 0.0926. The second kappa shape index (κ2) is 10.5. The molecule has 1 N–H and O–H groups in total.